The van der Waals surface area contributed by atoms with Gasteiger partial charge in [-0.25, -0.2) is 4.39 Å². The van der Waals surface area contributed by atoms with Crippen molar-refractivity contribution in [2.45, 2.75) is 45.7 Å². The number of carbonyl (C=O) groups excluding carboxylic acids is 1. The molecule has 2 fully saturated rings. The van der Waals surface area contributed by atoms with Crippen LogP contribution in [0.1, 0.15) is 38.0 Å². The zero-order valence-corrected chi connectivity index (χ0v) is 18.0. The molecule has 0 bridgehead atoms. The first-order valence-electron chi connectivity index (χ1n) is 9.85. The van der Waals surface area contributed by atoms with E-state index in [0.29, 0.717) is 18.0 Å². The second-order valence-corrected chi connectivity index (χ2v) is 9.34. The Hall–Kier alpha value is -1.43. The molecule has 0 radical (unpaired) electrons. The topological polar surface area (TPSA) is 32.3 Å². The lowest BCUT2D eigenvalue weighted by molar-refractivity contribution is -0.136. The average molecular weight is 423 g/mol. The Morgan fingerprint density at radius 2 is 1.96 bits per heavy atom. The first kappa shape index (κ1) is 21.3. The van der Waals surface area contributed by atoms with Crippen molar-refractivity contribution >= 4 is 29.7 Å². The Labute approximate surface area is 176 Å². The zero-order chi connectivity index (χ0) is 19.0. The highest BCUT2D eigenvalue weighted by molar-refractivity contribution is 7.15. The molecule has 1 aliphatic heterocycles. The van der Waals surface area contributed by atoms with E-state index in [2.05, 4.69) is 19.2 Å². The molecule has 3 nitrogen and oxygen atoms in total. The predicted molar refractivity (Wildman–Crippen MR) is 115 cm³/mol. The number of halogens is 2. The number of piperidine rings is 1. The molecule has 2 aromatic rings. The van der Waals surface area contributed by atoms with Gasteiger partial charge in [-0.3, -0.25) is 4.79 Å². The van der Waals surface area contributed by atoms with Crippen LogP contribution in [0.25, 0.3) is 10.4 Å². The Morgan fingerprint density at radius 1 is 1.25 bits per heavy atom. The Morgan fingerprint density at radius 3 is 2.64 bits per heavy atom. The van der Waals surface area contributed by atoms with Gasteiger partial charge in [0.2, 0.25) is 5.91 Å². The van der Waals surface area contributed by atoms with Crippen molar-refractivity contribution < 1.29 is 9.18 Å². The molecule has 1 unspecified atom stereocenters. The smallest absolute Gasteiger partial charge is 0.226 e. The summed E-state index contributed by atoms with van der Waals surface area (Å²) in [5, 5.41) is 3.40. The van der Waals surface area contributed by atoms with Crippen LogP contribution in [-0.2, 0) is 11.3 Å². The van der Waals surface area contributed by atoms with E-state index < -0.39 is 0 Å². The number of rotatable bonds is 5. The third-order valence-corrected chi connectivity index (χ3v) is 7.22. The molecule has 1 atom stereocenters. The number of carbonyl (C=O) groups is 1. The summed E-state index contributed by atoms with van der Waals surface area (Å²) in [5.41, 5.74) is 0.885. The monoisotopic (exact) mass is 422 g/mol. The predicted octanol–water partition coefficient (Wildman–Crippen LogP) is 5.10. The van der Waals surface area contributed by atoms with Crippen LogP contribution in [0.4, 0.5) is 4.39 Å². The molecule has 1 aliphatic carbocycles. The van der Waals surface area contributed by atoms with E-state index >= 15 is 0 Å². The van der Waals surface area contributed by atoms with Gasteiger partial charge in [0.25, 0.3) is 0 Å². The standard InChI is InChI=1S/C22H27FN2OS.ClH/c1-15(2)25(21(26)18-13-22(18)9-11-24-12-10-22)14-16-7-8-20(27-16)17-5-3-4-6-19(17)23;/h3-8,15,18,24H,9-14H2,1-2H3;1H. The largest absolute Gasteiger partial charge is 0.335 e. The van der Waals surface area contributed by atoms with E-state index in [1.165, 1.54) is 6.07 Å². The molecule has 152 valence electrons. The highest BCUT2D eigenvalue weighted by Crippen LogP contribution is 2.59. The minimum atomic E-state index is -0.200. The first-order valence-corrected chi connectivity index (χ1v) is 10.7. The van der Waals surface area contributed by atoms with Gasteiger partial charge >= 0.3 is 0 Å². The normalized spacial score (nSPS) is 20.1. The fraction of sp³-hybridized carbons (Fsp3) is 0.500. The number of nitrogens with zero attached hydrogens (tertiary/aromatic N) is 1. The highest BCUT2D eigenvalue weighted by Gasteiger charge is 2.58. The molecule has 2 aliphatic rings. The molecule has 1 saturated heterocycles. The van der Waals surface area contributed by atoms with Gasteiger partial charge < -0.3 is 10.2 Å². The van der Waals surface area contributed by atoms with E-state index in [4.69, 9.17) is 0 Å². The fourth-order valence-corrected chi connectivity index (χ4v) is 5.36. The summed E-state index contributed by atoms with van der Waals surface area (Å²) in [6.45, 7) is 6.84. The Bertz CT molecular complexity index is 831. The van der Waals surface area contributed by atoms with E-state index in [9.17, 15) is 9.18 Å². The van der Waals surface area contributed by atoms with E-state index in [1.54, 1.807) is 23.5 Å². The molecule has 6 heteroatoms. The molecule has 1 saturated carbocycles. The van der Waals surface area contributed by atoms with Crippen LogP contribution in [0.2, 0.25) is 0 Å². The van der Waals surface area contributed by atoms with Crippen molar-refractivity contribution in [1.82, 2.24) is 10.2 Å². The van der Waals surface area contributed by atoms with E-state index in [1.807, 2.05) is 23.1 Å². The van der Waals surface area contributed by atoms with E-state index in [0.717, 1.165) is 42.1 Å². The van der Waals surface area contributed by atoms with Gasteiger partial charge in [-0.1, -0.05) is 18.2 Å². The van der Waals surface area contributed by atoms with E-state index in [-0.39, 0.29) is 35.6 Å². The summed E-state index contributed by atoms with van der Waals surface area (Å²) in [6.07, 6.45) is 3.28. The number of hydrogen-bond donors (Lipinski definition) is 1. The second kappa shape index (κ2) is 8.52. The SMILES string of the molecule is CC(C)N(Cc1ccc(-c2ccccc2F)s1)C(=O)C1CC12CCNCC2.Cl. The van der Waals surface area contributed by atoms with Crippen LogP contribution < -0.4 is 5.32 Å². The quantitative estimate of drug-likeness (QED) is 0.726. The van der Waals surface area contributed by atoms with Gasteiger partial charge in [0.05, 0.1) is 6.54 Å². The lowest BCUT2D eigenvalue weighted by Crippen LogP contribution is -2.39. The van der Waals surface area contributed by atoms with Crippen molar-refractivity contribution in [1.29, 1.82) is 0 Å². The minimum Gasteiger partial charge on any atom is -0.335 e. The summed E-state index contributed by atoms with van der Waals surface area (Å²) in [4.78, 5) is 17.2. The number of thiophene rings is 1. The Kier molecular flexibility index (Phi) is 6.47. The number of hydrogen-bond acceptors (Lipinski definition) is 3. The van der Waals surface area contributed by atoms with Crippen molar-refractivity contribution in [3.05, 3.63) is 47.1 Å². The van der Waals surface area contributed by atoms with Crippen LogP contribution in [0.3, 0.4) is 0 Å². The first-order chi connectivity index (χ1) is 13.0. The third kappa shape index (κ3) is 4.12. The molecular formula is C22H28ClFN2OS. The molecular weight excluding hydrogens is 395 g/mol. The maximum atomic E-state index is 14.1. The molecule has 1 spiro atoms. The lowest BCUT2D eigenvalue weighted by Gasteiger charge is -2.29. The van der Waals surface area contributed by atoms with Crippen LogP contribution in [0.5, 0.6) is 0 Å². The lowest BCUT2D eigenvalue weighted by atomic mass is 9.91. The van der Waals surface area contributed by atoms with Crippen molar-refractivity contribution in [2.75, 3.05) is 13.1 Å². The minimum absolute atomic E-state index is 0. The summed E-state index contributed by atoms with van der Waals surface area (Å²) in [7, 11) is 0. The molecule has 1 aromatic heterocycles. The third-order valence-electron chi connectivity index (χ3n) is 6.12. The number of nitrogens with one attached hydrogen (secondary N) is 1. The summed E-state index contributed by atoms with van der Waals surface area (Å²) >= 11 is 1.58. The van der Waals surface area contributed by atoms with Crippen molar-refractivity contribution in [3.8, 4) is 10.4 Å². The van der Waals surface area contributed by atoms with Gasteiger partial charge in [0.1, 0.15) is 5.82 Å². The van der Waals surface area contributed by atoms with Gasteiger partial charge in [-0.2, -0.15) is 0 Å². The van der Waals surface area contributed by atoms with Crippen LogP contribution in [0, 0.1) is 17.2 Å². The zero-order valence-electron chi connectivity index (χ0n) is 16.4. The maximum Gasteiger partial charge on any atom is 0.226 e. The van der Waals surface area contributed by atoms with Gasteiger partial charge in [-0.05, 0) is 69.8 Å². The van der Waals surface area contributed by atoms with Crippen LogP contribution in [0.15, 0.2) is 36.4 Å². The van der Waals surface area contributed by atoms with Crippen LogP contribution >= 0.6 is 23.7 Å². The summed E-state index contributed by atoms with van der Waals surface area (Å²) in [6, 6.07) is 11.0. The molecule has 2 heterocycles. The number of benzene rings is 1. The molecule has 28 heavy (non-hydrogen) atoms. The van der Waals surface area contributed by atoms with Crippen molar-refractivity contribution in [2.24, 2.45) is 11.3 Å². The molecule has 1 amide bonds. The van der Waals surface area contributed by atoms with Crippen molar-refractivity contribution in [3.63, 3.8) is 0 Å². The maximum absolute atomic E-state index is 14.1. The highest BCUT2D eigenvalue weighted by atomic mass is 35.5. The van der Waals surface area contributed by atoms with Gasteiger partial charge in [0, 0.05) is 27.3 Å². The second-order valence-electron chi connectivity index (χ2n) is 8.17. The fourth-order valence-electron chi connectivity index (χ4n) is 4.33. The van der Waals surface area contributed by atoms with Gasteiger partial charge in [-0.15, -0.1) is 23.7 Å². The summed E-state index contributed by atoms with van der Waals surface area (Å²) in [5.74, 6) is 0.286. The Balaban J connectivity index is 0.00000225. The molecule has 1 aromatic carbocycles. The molecule has 1 N–H and O–H groups in total. The molecule has 4 rings (SSSR count). The van der Waals surface area contributed by atoms with Crippen LogP contribution in [-0.4, -0.2) is 29.9 Å². The summed E-state index contributed by atoms with van der Waals surface area (Å²) < 4.78 is 14.1. The van der Waals surface area contributed by atoms with Gasteiger partial charge in [0.15, 0.2) is 0 Å². The average Bonchev–Trinajstić information content (AvgIpc) is 3.13. The number of amides is 1.